The number of nitrogens with zero attached hydrogens (tertiary/aromatic N) is 2. The van der Waals surface area contributed by atoms with Gasteiger partial charge in [-0.25, -0.2) is 4.98 Å². The standard InChI is InChI=1S/C8H11N3O3.V/c1-5-3-10-7(9-2)8(14)11(5)4-6(12)13;/h3H,4H2,1-2H3,(H,9,10)(H,12,13);. The molecule has 6 nitrogen and oxygen atoms in total. The maximum absolute atomic E-state index is 11.5. The zero-order valence-electron chi connectivity index (χ0n) is 8.39. The quantitative estimate of drug-likeness (QED) is 0.765. The molecule has 7 heteroatoms. The molecule has 0 unspecified atom stereocenters. The molecule has 0 saturated carbocycles. The Morgan fingerprint density at radius 2 is 2.27 bits per heavy atom. The van der Waals surface area contributed by atoms with Gasteiger partial charge in [0.1, 0.15) is 6.54 Å². The largest absolute Gasteiger partial charge is 0.480 e. The summed E-state index contributed by atoms with van der Waals surface area (Å²) >= 11 is 0. The molecule has 0 amide bonds. The third-order valence-corrected chi connectivity index (χ3v) is 1.78. The number of rotatable bonds is 3. The van der Waals surface area contributed by atoms with Crippen LogP contribution in [-0.4, -0.2) is 27.7 Å². The number of hydrogen-bond acceptors (Lipinski definition) is 4. The predicted molar refractivity (Wildman–Crippen MR) is 50.4 cm³/mol. The van der Waals surface area contributed by atoms with Gasteiger partial charge in [-0.1, -0.05) is 0 Å². The minimum atomic E-state index is -1.05. The van der Waals surface area contributed by atoms with Gasteiger partial charge in [0.15, 0.2) is 5.82 Å². The van der Waals surface area contributed by atoms with Crippen LogP contribution < -0.4 is 10.9 Å². The first-order chi connectivity index (χ1) is 6.56. The SMILES string of the molecule is CNc1ncc(C)n(CC(=O)O)c1=O.[V]. The number of aryl methyl sites for hydroxylation is 1. The number of carboxylic acids is 1. The number of hydrogen-bond donors (Lipinski definition) is 2. The summed E-state index contributed by atoms with van der Waals surface area (Å²) in [5, 5.41) is 11.2. The van der Waals surface area contributed by atoms with Crippen LogP contribution in [0.3, 0.4) is 0 Å². The molecular weight excluding hydrogens is 237 g/mol. The van der Waals surface area contributed by atoms with Gasteiger partial charge in [0.25, 0.3) is 5.56 Å². The fourth-order valence-corrected chi connectivity index (χ4v) is 1.07. The number of nitrogens with one attached hydrogen (secondary N) is 1. The third-order valence-electron chi connectivity index (χ3n) is 1.78. The molecule has 0 aliphatic rings. The molecule has 2 N–H and O–H groups in total. The van der Waals surface area contributed by atoms with Crippen molar-refractivity contribution in [1.82, 2.24) is 9.55 Å². The molecule has 1 heterocycles. The molecule has 1 rings (SSSR count). The molecule has 0 fully saturated rings. The molecule has 0 atom stereocenters. The van der Waals surface area contributed by atoms with Crippen molar-refractivity contribution in [2.24, 2.45) is 0 Å². The van der Waals surface area contributed by atoms with Crippen LogP contribution in [0.4, 0.5) is 5.82 Å². The minimum absolute atomic E-state index is 0. The van der Waals surface area contributed by atoms with Crippen molar-refractivity contribution < 1.29 is 28.5 Å². The van der Waals surface area contributed by atoms with Crippen molar-refractivity contribution in [2.75, 3.05) is 12.4 Å². The summed E-state index contributed by atoms with van der Waals surface area (Å²) in [5.74, 6) is -0.902. The molecule has 0 spiro atoms. The molecule has 1 aromatic rings. The first kappa shape index (κ1) is 13.7. The fourth-order valence-electron chi connectivity index (χ4n) is 1.07. The third kappa shape index (κ3) is 3.11. The first-order valence-electron chi connectivity index (χ1n) is 4.02. The molecule has 1 radical (unpaired) electrons. The summed E-state index contributed by atoms with van der Waals surface area (Å²) in [5.41, 5.74) is 0.103. The van der Waals surface area contributed by atoms with Gasteiger partial charge in [0, 0.05) is 37.5 Å². The Hall–Kier alpha value is -1.27. The summed E-state index contributed by atoms with van der Waals surface area (Å²) in [6.45, 7) is 1.29. The molecule has 0 aliphatic heterocycles. The van der Waals surface area contributed by atoms with E-state index in [4.69, 9.17) is 5.11 Å². The van der Waals surface area contributed by atoms with E-state index in [1.54, 1.807) is 14.0 Å². The second-order valence-electron chi connectivity index (χ2n) is 2.78. The van der Waals surface area contributed by atoms with Crippen molar-refractivity contribution in [3.63, 3.8) is 0 Å². The Kier molecular flexibility index (Phi) is 5.10. The number of aromatic nitrogens is 2. The second-order valence-corrected chi connectivity index (χ2v) is 2.78. The average Bonchev–Trinajstić information content (AvgIpc) is 2.12. The van der Waals surface area contributed by atoms with Gasteiger partial charge in [-0.2, -0.15) is 0 Å². The summed E-state index contributed by atoms with van der Waals surface area (Å²) < 4.78 is 1.15. The van der Waals surface area contributed by atoms with Gasteiger partial charge in [-0.15, -0.1) is 0 Å². The Balaban J connectivity index is 0.00000196. The smallest absolute Gasteiger partial charge is 0.323 e. The summed E-state index contributed by atoms with van der Waals surface area (Å²) in [6, 6.07) is 0. The van der Waals surface area contributed by atoms with Crippen LogP contribution in [-0.2, 0) is 29.9 Å². The number of carboxylic acid groups (broad SMARTS) is 1. The van der Waals surface area contributed by atoms with E-state index in [0.717, 1.165) is 4.57 Å². The van der Waals surface area contributed by atoms with E-state index in [-0.39, 0.29) is 30.9 Å². The Morgan fingerprint density at radius 3 is 2.73 bits per heavy atom. The predicted octanol–water partition coefficient (Wildman–Crippen LogP) is -0.324. The molecular formula is C8H11N3O3V. The van der Waals surface area contributed by atoms with Gasteiger partial charge in [0.05, 0.1) is 0 Å². The molecule has 1 aromatic heterocycles. The van der Waals surface area contributed by atoms with Crippen molar-refractivity contribution in [2.45, 2.75) is 13.5 Å². The van der Waals surface area contributed by atoms with Crippen molar-refractivity contribution in [3.05, 3.63) is 22.2 Å². The van der Waals surface area contributed by atoms with E-state index in [2.05, 4.69) is 10.3 Å². The van der Waals surface area contributed by atoms with E-state index >= 15 is 0 Å². The molecule has 0 saturated heterocycles. The average molecular weight is 248 g/mol. The van der Waals surface area contributed by atoms with Gasteiger partial charge < -0.3 is 10.4 Å². The number of anilines is 1. The van der Waals surface area contributed by atoms with Crippen LogP contribution in [0.25, 0.3) is 0 Å². The van der Waals surface area contributed by atoms with Crippen molar-refractivity contribution >= 4 is 11.8 Å². The second kappa shape index (κ2) is 5.58. The molecule has 15 heavy (non-hydrogen) atoms. The summed E-state index contributed by atoms with van der Waals surface area (Å²) in [6.07, 6.45) is 1.45. The Morgan fingerprint density at radius 1 is 1.67 bits per heavy atom. The van der Waals surface area contributed by atoms with Gasteiger partial charge >= 0.3 is 5.97 Å². The maximum Gasteiger partial charge on any atom is 0.323 e. The van der Waals surface area contributed by atoms with Crippen LogP contribution >= 0.6 is 0 Å². The van der Waals surface area contributed by atoms with E-state index in [1.165, 1.54) is 6.20 Å². The van der Waals surface area contributed by atoms with Crippen LogP contribution in [0.1, 0.15) is 5.69 Å². The normalized spacial score (nSPS) is 9.20. The van der Waals surface area contributed by atoms with Crippen LogP contribution in [0.2, 0.25) is 0 Å². The van der Waals surface area contributed by atoms with E-state index < -0.39 is 11.5 Å². The van der Waals surface area contributed by atoms with Crippen molar-refractivity contribution in [3.8, 4) is 0 Å². The summed E-state index contributed by atoms with van der Waals surface area (Å²) in [4.78, 5) is 25.8. The zero-order valence-corrected chi connectivity index (χ0v) is 9.79. The van der Waals surface area contributed by atoms with E-state index in [1.807, 2.05) is 0 Å². The van der Waals surface area contributed by atoms with Crippen molar-refractivity contribution in [1.29, 1.82) is 0 Å². The minimum Gasteiger partial charge on any atom is -0.480 e. The van der Waals surface area contributed by atoms with Crippen LogP contribution in [0, 0.1) is 6.92 Å². The zero-order chi connectivity index (χ0) is 10.7. The molecule has 0 aliphatic carbocycles. The molecule has 0 bridgehead atoms. The topological polar surface area (TPSA) is 84.2 Å². The summed E-state index contributed by atoms with van der Waals surface area (Å²) in [7, 11) is 1.56. The van der Waals surface area contributed by atoms with Crippen LogP contribution in [0.15, 0.2) is 11.0 Å². The van der Waals surface area contributed by atoms with E-state index in [0.29, 0.717) is 5.69 Å². The Labute approximate surface area is 98.2 Å². The molecule has 0 aromatic carbocycles. The fraction of sp³-hybridized carbons (Fsp3) is 0.375. The van der Waals surface area contributed by atoms with Gasteiger partial charge in [0.2, 0.25) is 0 Å². The monoisotopic (exact) mass is 248 g/mol. The van der Waals surface area contributed by atoms with Gasteiger partial charge in [-0.05, 0) is 6.92 Å². The molecule has 81 valence electrons. The number of aliphatic carboxylic acids is 1. The van der Waals surface area contributed by atoms with E-state index in [9.17, 15) is 9.59 Å². The van der Waals surface area contributed by atoms with Gasteiger partial charge in [-0.3, -0.25) is 14.2 Å². The van der Waals surface area contributed by atoms with Crippen LogP contribution in [0.5, 0.6) is 0 Å². The Bertz CT molecular complexity index is 416. The number of carbonyl (C=O) groups is 1. The first-order valence-corrected chi connectivity index (χ1v) is 4.02. The maximum atomic E-state index is 11.5.